The van der Waals surface area contributed by atoms with E-state index in [0.717, 1.165) is 0 Å². The molecule has 0 unspecified atom stereocenters. The summed E-state index contributed by atoms with van der Waals surface area (Å²) < 4.78 is 32.5. The number of nitrogens with two attached hydrogens (primary N) is 2. The van der Waals surface area contributed by atoms with Gasteiger partial charge in [-0.25, -0.2) is 4.98 Å². The van der Waals surface area contributed by atoms with E-state index in [1.165, 1.54) is 10.9 Å². The Kier molecular flexibility index (Phi) is 20.7. The Bertz CT molecular complexity index is 868. The summed E-state index contributed by atoms with van der Waals surface area (Å²) in [6.45, 7) is -0.477. The molecule has 0 fully saturated rings. The fourth-order valence-corrected chi connectivity index (χ4v) is 2.87. The molecule has 0 aliphatic carbocycles. The number of hydrogen-bond acceptors (Lipinski definition) is 13. The van der Waals surface area contributed by atoms with Gasteiger partial charge in [0.2, 0.25) is 5.95 Å². The molecule has 0 spiro atoms. The molecule has 152 valence electrons. The summed E-state index contributed by atoms with van der Waals surface area (Å²) >= 11 is 0. The Labute approximate surface area is 266 Å². The van der Waals surface area contributed by atoms with Crippen molar-refractivity contribution in [3.63, 3.8) is 0 Å². The number of nitrogens with zero attached hydrogens (tertiary/aromatic N) is 4. The number of hydrogen-bond donors (Lipinski definition) is 2. The van der Waals surface area contributed by atoms with E-state index in [1.807, 2.05) is 0 Å². The molecule has 31 heavy (non-hydrogen) atoms. The van der Waals surface area contributed by atoms with Crippen molar-refractivity contribution < 1.29 is 156 Å². The first-order valence-electron chi connectivity index (χ1n) is 7.36. The third-order valence-corrected chi connectivity index (χ3v) is 4.17. The molecule has 2 heterocycles. The molecule has 0 amide bonds. The van der Waals surface area contributed by atoms with Crippen molar-refractivity contribution in [3.8, 4) is 0 Å². The first-order valence-corrected chi connectivity index (χ1v) is 10.8. The molecule has 0 saturated carbocycles. The van der Waals surface area contributed by atoms with Crippen LogP contribution in [0.25, 0.3) is 11.2 Å². The molecule has 0 bridgehead atoms. The summed E-state index contributed by atoms with van der Waals surface area (Å²) in [6.07, 6.45) is -0.726. The molecule has 0 saturated heterocycles. The number of ether oxygens (including phenoxy) is 2. The standard InChI is InChI=1S/C11H20N6O8P2.4Na/c12-9-8-10(16-11(13)15-9)17(4-14-8)1-7(2-24-5-26(18,19)20)3-25-6-27(21,22)23;;;;/h4,7H,1-3,5-6H2,(H2,18,19,20)(H2,21,22,23)(H4,12,13,15,16);;;;/q;4*+1/p-4. The number of rotatable bonds is 10. The Morgan fingerprint density at radius 3 is 1.87 bits per heavy atom. The van der Waals surface area contributed by atoms with E-state index < -0.39 is 33.8 Å². The van der Waals surface area contributed by atoms with E-state index in [9.17, 15) is 28.7 Å². The zero-order valence-corrected chi connectivity index (χ0v) is 27.6. The van der Waals surface area contributed by atoms with Gasteiger partial charge in [0, 0.05) is 12.5 Å². The fraction of sp³-hybridized carbons (Fsp3) is 0.545. The predicted octanol–water partition coefficient (Wildman–Crippen LogP) is -15.6. The van der Waals surface area contributed by atoms with E-state index in [2.05, 4.69) is 15.0 Å². The summed E-state index contributed by atoms with van der Waals surface area (Å²) in [5.74, 6) is -0.682. The molecule has 0 radical (unpaired) electrons. The topological polar surface area (TPSA) is 240 Å². The van der Waals surface area contributed by atoms with Gasteiger partial charge in [-0.15, -0.1) is 0 Å². The maximum atomic E-state index is 10.7. The molecule has 2 aromatic heterocycles. The molecule has 2 rings (SSSR count). The maximum absolute atomic E-state index is 10.7. The zero-order valence-electron chi connectivity index (χ0n) is 17.8. The van der Waals surface area contributed by atoms with E-state index in [0.29, 0.717) is 0 Å². The van der Waals surface area contributed by atoms with Gasteiger partial charge in [0.05, 0.1) is 32.2 Å². The van der Waals surface area contributed by atoms with Crippen LogP contribution < -0.4 is 149 Å². The largest absolute Gasteiger partial charge is 1.00 e. The van der Waals surface area contributed by atoms with Gasteiger partial charge in [-0.3, -0.25) is 0 Å². The zero-order chi connectivity index (χ0) is 20.2. The Balaban J connectivity index is -0.00000196. The van der Waals surface area contributed by atoms with Crippen LogP contribution in [0.2, 0.25) is 0 Å². The van der Waals surface area contributed by atoms with Crippen LogP contribution in [0.1, 0.15) is 0 Å². The quantitative estimate of drug-likeness (QED) is 0.221. The third kappa shape index (κ3) is 14.5. The molecule has 4 N–H and O–H groups in total. The number of imidazole rings is 1. The fourth-order valence-electron chi connectivity index (χ4n) is 2.21. The second kappa shape index (κ2) is 16.9. The van der Waals surface area contributed by atoms with Crippen molar-refractivity contribution in [2.24, 2.45) is 5.92 Å². The van der Waals surface area contributed by atoms with Crippen molar-refractivity contribution in [3.05, 3.63) is 6.33 Å². The van der Waals surface area contributed by atoms with Crippen LogP contribution in [0.4, 0.5) is 11.8 Å². The van der Waals surface area contributed by atoms with Gasteiger partial charge >= 0.3 is 118 Å². The second-order valence-electron chi connectivity index (χ2n) is 5.62. The number of fused-ring (bicyclic) bond motifs is 1. The van der Waals surface area contributed by atoms with Gasteiger partial charge < -0.3 is 54.2 Å². The SMILES string of the molecule is Nc1nc(N)c2ncn(CC(COCP(=O)([O-])[O-])COCP(=O)([O-])[O-])c2n1.[Na+].[Na+].[Na+].[Na+]. The second-order valence-corrected chi connectivity index (χ2v) is 8.58. The molecule has 0 aliphatic heterocycles. The van der Waals surface area contributed by atoms with E-state index >= 15 is 0 Å². The summed E-state index contributed by atoms with van der Waals surface area (Å²) in [5, 5.41) is 0. The number of anilines is 2. The summed E-state index contributed by atoms with van der Waals surface area (Å²) in [4.78, 5) is 54.5. The molecule has 2 aromatic rings. The van der Waals surface area contributed by atoms with Gasteiger partial charge in [-0.2, -0.15) is 9.97 Å². The monoisotopic (exact) mass is 514 g/mol. The van der Waals surface area contributed by atoms with E-state index in [4.69, 9.17) is 20.9 Å². The van der Waals surface area contributed by atoms with Crippen LogP contribution in [0, 0.1) is 5.92 Å². The van der Waals surface area contributed by atoms with Crippen molar-refractivity contribution >= 4 is 38.1 Å². The van der Waals surface area contributed by atoms with E-state index in [-0.39, 0.29) is 161 Å². The molecule has 0 aliphatic rings. The summed E-state index contributed by atoms with van der Waals surface area (Å²) in [6, 6.07) is 0. The summed E-state index contributed by atoms with van der Waals surface area (Å²) in [7, 11) is -9.76. The smallest absolute Gasteiger partial charge is 0.809 e. The Hall–Kier alpha value is 2.37. The minimum atomic E-state index is -4.88. The normalized spacial score (nSPS) is 11.3. The van der Waals surface area contributed by atoms with Gasteiger partial charge in [0.15, 0.2) is 11.5 Å². The van der Waals surface area contributed by atoms with Crippen LogP contribution in [0.5, 0.6) is 0 Å². The number of nitrogen functional groups attached to an aromatic ring is 2. The maximum Gasteiger partial charge on any atom is 1.00 e. The average molecular weight is 514 g/mol. The van der Waals surface area contributed by atoms with Crippen LogP contribution in [-0.4, -0.2) is 45.4 Å². The van der Waals surface area contributed by atoms with Gasteiger partial charge in [0.1, 0.15) is 5.52 Å². The first kappa shape index (κ1) is 37.9. The molecular weight excluding hydrogens is 498 g/mol. The van der Waals surface area contributed by atoms with Crippen LogP contribution in [0.15, 0.2) is 6.33 Å². The van der Waals surface area contributed by atoms with Crippen LogP contribution in [0.3, 0.4) is 0 Å². The third-order valence-electron chi connectivity index (χ3n) is 3.17. The Morgan fingerprint density at radius 1 is 0.935 bits per heavy atom. The minimum absolute atomic E-state index is 0. The van der Waals surface area contributed by atoms with Gasteiger partial charge in [0.25, 0.3) is 0 Å². The molecule has 0 aromatic carbocycles. The van der Waals surface area contributed by atoms with Crippen molar-refractivity contribution in [2.45, 2.75) is 6.54 Å². The molecule has 20 heteroatoms. The Morgan fingerprint density at radius 2 is 1.42 bits per heavy atom. The van der Waals surface area contributed by atoms with Crippen molar-refractivity contribution in [2.75, 3.05) is 37.4 Å². The average Bonchev–Trinajstić information content (AvgIpc) is 2.87. The van der Waals surface area contributed by atoms with Crippen molar-refractivity contribution in [1.29, 1.82) is 0 Å². The minimum Gasteiger partial charge on any atom is -0.809 e. The molecule has 14 nitrogen and oxygen atoms in total. The summed E-state index contributed by atoms with van der Waals surface area (Å²) in [5.41, 5.74) is 11.8. The van der Waals surface area contributed by atoms with Crippen LogP contribution in [-0.2, 0) is 25.1 Å². The van der Waals surface area contributed by atoms with E-state index in [1.54, 1.807) is 0 Å². The van der Waals surface area contributed by atoms with Gasteiger partial charge in [-0.1, -0.05) is 0 Å². The first-order chi connectivity index (χ1) is 12.4. The predicted molar refractivity (Wildman–Crippen MR) is 84.5 cm³/mol. The van der Waals surface area contributed by atoms with Gasteiger partial charge in [-0.05, 0) is 15.2 Å². The van der Waals surface area contributed by atoms with Crippen molar-refractivity contribution in [1.82, 2.24) is 19.5 Å². The molecular formula is C11H16N6Na4O8P2. The van der Waals surface area contributed by atoms with Crippen LogP contribution >= 0.6 is 15.2 Å². The molecule has 0 atom stereocenters. The number of aromatic nitrogens is 4.